The minimum atomic E-state index is 0.382. The van der Waals surface area contributed by atoms with Crippen molar-refractivity contribution in [3.05, 3.63) is 183 Å². The number of benzene rings is 7. The second kappa shape index (κ2) is 44.7. The lowest BCUT2D eigenvalue weighted by Gasteiger charge is -2.24. The van der Waals surface area contributed by atoms with E-state index in [9.17, 15) is 0 Å². The molecule has 0 aliphatic carbocycles. The van der Waals surface area contributed by atoms with E-state index in [1.165, 1.54) is 93.0 Å². The molecule has 17 heteroatoms. The summed E-state index contributed by atoms with van der Waals surface area (Å²) in [6.07, 6.45) is 9.75. The van der Waals surface area contributed by atoms with E-state index in [1.807, 2.05) is 28.7 Å². The van der Waals surface area contributed by atoms with Gasteiger partial charge in [-0.3, -0.25) is 9.97 Å². The lowest BCUT2D eigenvalue weighted by atomic mass is 9.95. The molecule has 0 radical (unpaired) electrons. The minimum absolute atomic E-state index is 0.382. The smallest absolute Gasteiger partial charge is 0.184 e. The molecule has 0 fully saturated rings. The van der Waals surface area contributed by atoms with Crippen LogP contribution in [-0.4, -0.2) is 88.9 Å². The van der Waals surface area contributed by atoms with Gasteiger partial charge < -0.3 is 56.2 Å². The molecule has 0 bridgehead atoms. The van der Waals surface area contributed by atoms with E-state index in [0.717, 1.165) is 101 Å². The topological polar surface area (TPSA) is 173 Å². The zero-order chi connectivity index (χ0) is 85.5. The molecule has 7 aromatic carbocycles. The lowest BCUT2D eigenvalue weighted by molar-refractivity contribution is 0.172. The van der Waals surface area contributed by atoms with Crippen molar-refractivity contribution in [1.29, 1.82) is 0 Å². The maximum Gasteiger partial charge on any atom is 0.184 e. The maximum absolute atomic E-state index is 5.83. The molecule has 4 aromatic heterocycles. The summed E-state index contributed by atoms with van der Waals surface area (Å²) in [6.45, 7) is 64.2. The Hall–Kier alpha value is -9.06. The van der Waals surface area contributed by atoms with Gasteiger partial charge >= 0.3 is 0 Å². The number of anilines is 7. The largest absolute Gasteiger partial charge is 0.493 e. The average molecular weight is 1630 g/mol. The summed E-state index contributed by atoms with van der Waals surface area (Å²) in [7, 11) is 0. The van der Waals surface area contributed by atoms with Crippen LogP contribution in [0.2, 0.25) is 0 Å². The van der Waals surface area contributed by atoms with E-state index in [4.69, 9.17) is 18.9 Å². The summed E-state index contributed by atoms with van der Waals surface area (Å²) in [5.41, 5.74) is 23.3. The van der Waals surface area contributed by atoms with Gasteiger partial charge in [-0.1, -0.05) is 103 Å². The van der Waals surface area contributed by atoms with Gasteiger partial charge in [-0.25, -0.2) is 0 Å². The van der Waals surface area contributed by atoms with Gasteiger partial charge in [0, 0.05) is 92.8 Å². The molecular weight excluding hydrogens is 1480 g/mol. The van der Waals surface area contributed by atoms with Crippen LogP contribution in [0.25, 0.3) is 42.1 Å². The van der Waals surface area contributed by atoms with Crippen molar-refractivity contribution in [2.24, 2.45) is 0 Å². The molecule has 0 amide bonds. The number of nitrogens with zero attached hydrogens (tertiary/aromatic N) is 4. The van der Waals surface area contributed by atoms with Gasteiger partial charge in [0.15, 0.2) is 11.5 Å². The molecule has 117 heavy (non-hydrogen) atoms. The number of aromatic nitrogens is 4. The van der Waals surface area contributed by atoms with E-state index >= 15 is 0 Å². The Kier molecular flexibility index (Phi) is 35.7. The Balaban J connectivity index is 0.000000170. The second-order valence-electron chi connectivity index (χ2n) is 35.6. The minimum Gasteiger partial charge on any atom is -0.493 e. The molecular formula is C100H143N11O4S2. The molecule has 634 valence electrons. The Bertz CT molecular complexity index is 4540. The highest BCUT2D eigenvalue weighted by molar-refractivity contribution is 7.18. The van der Waals surface area contributed by atoms with Gasteiger partial charge in [0.05, 0.1) is 57.9 Å². The number of rotatable bonds is 21. The first kappa shape index (κ1) is 93.4. The summed E-state index contributed by atoms with van der Waals surface area (Å²) in [5.74, 6) is 7.63. The molecule has 3 aliphatic rings. The Morgan fingerprint density at radius 1 is 0.316 bits per heavy atom. The van der Waals surface area contributed by atoms with Crippen molar-refractivity contribution in [3.63, 3.8) is 0 Å². The van der Waals surface area contributed by atoms with Crippen LogP contribution in [0.5, 0.6) is 23.0 Å². The molecule has 15 nitrogen and oxygen atoms in total. The Morgan fingerprint density at radius 3 is 1.32 bits per heavy atom. The quantitative estimate of drug-likeness (QED) is 0.0362. The van der Waals surface area contributed by atoms with Crippen LogP contribution >= 0.6 is 22.7 Å². The molecule has 0 saturated carbocycles. The van der Waals surface area contributed by atoms with E-state index in [-0.39, 0.29) is 0 Å². The highest BCUT2D eigenvalue weighted by atomic mass is 32.1. The third-order valence-electron chi connectivity index (χ3n) is 19.9. The van der Waals surface area contributed by atoms with Crippen LogP contribution in [0.3, 0.4) is 0 Å². The van der Waals surface area contributed by atoms with Crippen LogP contribution in [0.4, 0.5) is 39.8 Å². The first-order valence-corrected chi connectivity index (χ1v) is 45.2. The highest BCUT2D eigenvalue weighted by Gasteiger charge is 2.23. The number of nitrogens with one attached hydrogen (secondary N) is 7. The Labute approximate surface area is 711 Å². The summed E-state index contributed by atoms with van der Waals surface area (Å²) >= 11 is 3.63. The van der Waals surface area contributed by atoms with E-state index < -0.39 is 0 Å². The first-order valence-electron chi connectivity index (χ1n) is 43.4. The number of hydrogen-bond acceptors (Lipinski definition) is 17. The van der Waals surface area contributed by atoms with Gasteiger partial charge in [-0.15, -0.1) is 22.7 Å². The highest BCUT2D eigenvalue weighted by Crippen LogP contribution is 2.43. The zero-order valence-electron chi connectivity index (χ0n) is 76.2. The predicted molar refractivity (Wildman–Crippen MR) is 511 cm³/mol. The number of ether oxygens (including phenoxy) is 4. The SMILES string of the molecule is CC(C)Nc1cc(C(C)C)cc2c1CCCO2.CC(C)Nc1cc(C(C)C)cc2c1OCCC2.CC(C)Nc1cc(C(C)C)cc2c1OCCO2.CC(C)Nc1cc(C(C)C)cc2ccsc12.CC(C)Nc1cc(C(C)C)cc2nccnc12.CC(C)Nc1cc(C(C)C)cc2nnccc12.CC(C)Nc1cc(C(C)C)cc2sccc12. The van der Waals surface area contributed by atoms with Crippen molar-refractivity contribution < 1.29 is 18.9 Å². The monoisotopic (exact) mass is 1630 g/mol. The summed E-state index contributed by atoms with van der Waals surface area (Å²) in [5, 5.41) is 40.8. The van der Waals surface area contributed by atoms with E-state index in [0.29, 0.717) is 96.9 Å². The first-order chi connectivity index (χ1) is 55.5. The molecule has 7 heterocycles. The van der Waals surface area contributed by atoms with Gasteiger partial charge in [-0.05, 0) is 322 Å². The normalized spacial score (nSPS) is 12.8. The van der Waals surface area contributed by atoms with Crippen molar-refractivity contribution in [2.45, 2.75) is 303 Å². The number of thiophene rings is 2. The van der Waals surface area contributed by atoms with Crippen LogP contribution < -0.4 is 56.2 Å². The number of fused-ring (bicyclic) bond motifs is 7. The fourth-order valence-corrected chi connectivity index (χ4v) is 15.6. The van der Waals surface area contributed by atoms with E-state index in [2.05, 4.69) is 359 Å². The summed E-state index contributed by atoms with van der Waals surface area (Å²) < 4.78 is 25.8. The molecule has 0 spiro atoms. The van der Waals surface area contributed by atoms with Crippen LogP contribution in [-0.2, 0) is 12.8 Å². The predicted octanol–water partition coefficient (Wildman–Crippen LogP) is 28.1. The molecule has 7 N–H and O–H groups in total. The molecule has 3 aliphatic heterocycles. The van der Waals surface area contributed by atoms with Crippen molar-refractivity contribution >= 4 is 105 Å². The molecule has 14 rings (SSSR count). The van der Waals surface area contributed by atoms with Gasteiger partial charge in [-0.2, -0.15) is 10.2 Å². The molecule has 0 unspecified atom stereocenters. The van der Waals surface area contributed by atoms with Crippen molar-refractivity contribution in [2.75, 3.05) is 63.6 Å². The molecule has 0 atom stereocenters. The van der Waals surface area contributed by atoms with Crippen LogP contribution in [0.15, 0.2) is 132 Å². The number of aryl methyl sites for hydroxylation is 1. The molecule has 11 aromatic rings. The fraction of sp³-hybridized carbons (Fsp3) is 0.500. The van der Waals surface area contributed by atoms with Crippen molar-refractivity contribution in [3.8, 4) is 23.0 Å². The number of hydrogen-bond donors (Lipinski definition) is 7. The standard InChI is InChI=1S/2C15H23NO.2C14H19N3.C14H21NO2.2C14H19NS/c1-10(2)12-8-14(16-11(3)4)13-6-5-7-17-15(13)9-12;1-10(2)13-8-12-6-5-7-17-15(12)14(9-13)16-11(3)4;1-9(2)11-7-12-14(16-6-5-15-12)13(8-11)17-10(3)4;1-9(2)11-7-13(16-10(3)4)12-5-6-15-17-14(12)8-11;1-9(2)11-7-12(15-10(3)4)14-13(8-11)16-5-6-17-14;1-9(2)11-7-13(15-10(3)4)12-5-6-16-14(12)8-11;1-9(2)12-7-11-5-6-16-14(11)13(8-12)15-10(3)4/h2*8-11,16H,5-7H2,1-4H3;5-10,17H,1-4H3;5-10,16H,1-4H3;7-10,15H,5-6H2,1-4H3;2*5-10,15H,1-4H3. The third kappa shape index (κ3) is 27.8. The Morgan fingerprint density at radius 2 is 0.726 bits per heavy atom. The van der Waals surface area contributed by atoms with Crippen LogP contribution in [0.1, 0.15) is 298 Å². The summed E-state index contributed by atoms with van der Waals surface area (Å²) in [4.78, 5) is 8.80. The van der Waals surface area contributed by atoms with Crippen molar-refractivity contribution in [1.82, 2.24) is 20.2 Å². The van der Waals surface area contributed by atoms with E-state index in [1.54, 1.807) is 18.6 Å². The summed E-state index contributed by atoms with van der Waals surface area (Å²) in [6, 6.07) is 40.6. The lowest BCUT2D eigenvalue weighted by Crippen LogP contribution is -2.19. The van der Waals surface area contributed by atoms with Gasteiger partial charge in [0.1, 0.15) is 30.2 Å². The third-order valence-corrected chi connectivity index (χ3v) is 21.8. The zero-order valence-corrected chi connectivity index (χ0v) is 77.8. The van der Waals surface area contributed by atoms with Gasteiger partial charge in [0.2, 0.25) is 0 Å². The molecule has 0 saturated heterocycles. The maximum atomic E-state index is 5.83. The second-order valence-corrected chi connectivity index (χ2v) is 37.5. The fourth-order valence-electron chi connectivity index (χ4n) is 13.9. The van der Waals surface area contributed by atoms with Crippen LogP contribution in [0, 0.1) is 0 Å². The average Bonchev–Trinajstić information content (AvgIpc) is 0.937. The van der Waals surface area contributed by atoms with Gasteiger partial charge in [0.25, 0.3) is 0 Å².